The summed E-state index contributed by atoms with van der Waals surface area (Å²) in [6.45, 7) is 5.34. The van der Waals surface area contributed by atoms with E-state index >= 15 is 0 Å². The topological polar surface area (TPSA) is 72.5 Å². The van der Waals surface area contributed by atoms with Gasteiger partial charge in [-0.05, 0) is 51.0 Å². The Morgan fingerprint density at radius 2 is 2.05 bits per heavy atom. The molecule has 116 valence electrons. The van der Waals surface area contributed by atoms with Gasteiger partial charge in [0, 0.05) is 4.47 Å². The SMILES string of the molecule is CC(C)(C)OC(=O)NC1CCS(=O)(=O)c2ccc(Br)cc21. The summed E-state index contributed by atoms with van der Waals surface area (Å²) in [6.07, 6.45) is -0.205. The number of carbonyl (C=O) groups excluding carboxylic acids is 1. The molecule has 1 aromatic carbocycles. The standard InChI is InChI=1S/C14H18BrNO4S/c1-14(2,3)20-13(17)16-11-6-7-21(18,19)12-5-4-9(15)8-10(11)12/h4-5,8,11H,6-7H2,1-3H3,(H,16,17). The molecule has 1 amide bonds. The molecule has 7 heteroatoms. The number of hydrogen-bond donors (Lipinski definition) is 1. The second-order valence-corrected chi connectivity index (χ2v) is 8.98. The van der Waals surface area contributed by atoms with Gasteiger partial charge in [-0.1, -0.05) is 15.9 Å². The number of fused-ring (bicyclic) bond motifs is 1. The Hall–Kier alpha value is -1.08. The number of alkyl carbamates (subject to hydrolysis) is 1. The second-order valence-electron chi connectivity index (χ2n) is 5.99. The highest BCUT2D eigenvalue weighted by Gasteiger charge is 2.32. The van der Waals surface area contributed by atoms with Crippen LogP contribution in [0.5, 0.6) is 0 Å². The highest BCUT2D eigenvalue weighted by Crippen LogP contribution is 2.34. The molecule has 1 unspecified atom stereocenters. The van der Waals surface area contributed by atoms with Crippen LogP contribution >= 0.6 is 15.9 Å². The van der Waals surface area contributed by atoms with Crippen LogP contribution in [0.15, 0.2) is 27.6 Å². The van der Waals surface area contributed by atoms with Gasteiger partial charge in [-0.15, -0.1) is 0 Å². The maximum atomic E-state index is 12.1. The van der Waals surface area contributed by atoms with E-state index in [4.69, 9.17) is 4.74 Å². The Bertz CT molecular complexity index is 664. The maximum absolute atomic E-state index is 12.1. The van der Waals surface area contributed by atoms with Crippen molar-refractivity contribution in [2.75, 3.05) is 5.75 Å². The molecule has 1 aliphatic rings. The van der Waals surface area contributed by atoms with Crippen LogP contribution in [0.3, 0.4) is 0 Å². The average molecular weight is 376 g/mol. The van der Waals surface area contributed by atoms with E-state index in [1.807, 2.05) is 0 Å². The molecule has 5 nitrogen and oxygen atoms in total. The van der Waals surface area contributed by atoms with Crippen LogP contribution in [-0.4, -0.2) is 25.9 Å². The van der Waals surface area contributed by atoms with Crippen molar-refractivity contribution in [3.8, 4) is 0 Å². The van der Waals surface area contributed by atoms with E-state index in [0.29, 0.717) is 12.0 Å². The molecule has 1 aromatic rings. The Morgan fingerprint density at radius 1 is 1.38 bits per heavy atom. The molecular formula is C14H18BrNO4S. The van der Waals surface area contributed by atoms with Gasteiger partial charge in [-0.2, -0.15) is 0 Å². The van der Waals surface area contributed by atoms with E-state index in [2.05, 4.69) is 21.2 Å². The number of hydrogen-bond acceptors (Lipinski definition) is 4. The summed E-state index contributed by atoms with van der Waals surface area (Å²) in [5.41, 5.74) is 0.00626. The molecule has 2 rings (SSSR count). The third-order valence-corrected chi connectivity index (χ3v) is 5.36. The number of carbonyl (C=O) groups is 1. The fourth-order valence-corrected chi connectivity index (χ4v) is 4.19. The molecular weight excluding hydrogens is 358 g/mol. The minimum atomic E-state index is -3.28. The van der Waals surface area contributed by atoms with Gasteiger partial charge in [-0.3, -0.25) is 0 Å². The van der Waals surface area contributed by atoms with Crippen molar-refractivity contribution in [2.45, 2.75) is 43.7 Å². The van der Waals surface area contributed by atoms with Crippen molar-refractivity contribution >= 4 is 31.9 Å². The molecule has 1 atom stereocenters. The first kappa shape index (κ1) is 16.3. The summed E-state index contributed by atoms with van der Waals surface area (Å²) in [6, 6.07) is 4.62. The van der Waals surface area contributed by atoms with Crippen molar-refractivity contribution < 1.29 is 17.9 Å². The van der Waals surface area contributed by atoms with Crippen molar-refractivity contribution in [1.82, 2.24) is 5.32 Å². The molecule has 0 saturated heterocycles. The Morgan fingerprint density at radius 3 is 2.67 bits per heavy atom. The van der Waals surface area contributed by atoms with Gasteiger partial charge < -0.3 is 10.1 Å². The fraction of sp³-hybridized carbons (Fsp3) is 0.500. The number of nitrogens with one attached hydrogen (secondary N) is 1. The first-order valence-corrected chi connectivity index (χ1v) is 9.05. The zero-order valence-corrected chi connectivity index (χ0v) is 14.5. The molecule has 1 N–H and O–H groups in total. The van der Waals surface area contributed by atoms with Crippen LogP contribution in [0.1, 0.15) is 38.8 Å². The normalized spacial score (nSPS) is 20.5. The molecule has 0 aliphatic carbocycles. The number of rotatable bonds is 1. The van der Waals surface area contributed by atoms with Gasteiger partial charge in [0.05, 0.1) is 16.7 Å². The van der Waals surface area contributed by atoms with Crippen LogP contribution < -0.4 is 5.32 Å². The van der Waals surface area contributed by atoms with Gasteiger partial charge in [0.25, 0.3) is 0 Å². The van der Waals surface area contributed by atoms with Crippen LogP contribution in [0, 0.1) is 0 Å². The van der Waals surface area contributed by atoms with E-state index in [1.54, 1.807) is 39.0 Å². The van der Waals surface area contributed by atoms with E-state index in [9.17, 15) is 13.2 Å². The van der Waals surface area contributed by atoms with Gasteiger partial charge in [0.2, 0.25) is 0 Å². The third-order valence-electron chi connectivity index (χ3n) is 3.05. The lowest BCUT2D eigenvalue weighted by molar-refractivity contribution is 0.0501. The smallest absolute Gasteiger partial charge is 0.408 e. The Kier molecular flexibility index (Phi) is 4.35. The summed E-state index contributed by atoms with van der Waals surface area (Å²) in [5, 5.41) is 2.75. The molecule has 0 aromatic heterocycles. The second kappa shape index (κ2) is 5.61. The largest absolute Gasteiger partial charge is 0.444 e. The van der Waals surface area contributed by atoms with Crippen LogP contribution in [0.2, 0.25) is 0 Å². The van der Waals surface area contributed by atoms with E-state index in [0.717, 1.165) is 4.47 Å². The molecule has 0 spiro atoms. The third kappa shape index (κ3) is 3.97. The summed E-state index contributed by atoms with van der Waals surface area (Å²) in [7, 11) is -3.28. The first-order valence-electron chi connectivity index (χ1n) is 6.60. The predicted octanol–water partition coefficient (Wildman–Crippen LogP) is 3.19. The fourth-order valence-electron chi connectivity index (χ4n) is 2.21. The zero-order chi connectivity index (χ0) is 15.8. The first-order chi connectivity index (χ1) is 9.58. The maximum Gasteiger partial charge on any atom is 0.408 e. The molecule has 0 bridgehead atoms. The number of benzene rings is 1. The molecule has 0 radical (unpaired) electrons. The molecule has 0 saturated carbocycles. The molecule has 1 heterocycles. The quantitative estimate of drug-likeness (QED) is 0.817. The van der Waals surface area contributed by atoms with Gasteiger partial charge in [0.15, 0.2) is 9.84 Å². The van der Waals surface area contributed by atoms with Crippen molar-refractivity contribution in [1.29, 1.82) is 0 Å². The Labute approximate surface area is 133 Å². The highest BCUT2D eigenvalue weighted by molar-refractivity contribution is 9.10. The van der Waals surface area contributed by atoms with Gasteiger partial charge in [-0.25, -0.2) is 13.2 Å². The minimum Gasteiger partial charge on any atom is -0.444 e. The number of amides is 1. The van der Waals surface area contributed by atoms with Gasteiger partial charge >= 0.3 is 6.09 Å². The lowest BCUT2D eigenvalue weighted by Gasteiger charge is -2.28. The lowest BCUT2D eigenvalue weighted by Crippen LogP contribution is -2.37. The summed E-state index contributed by atoms with van der Waals surface area (Å²) < 4.78 is 30.2. The van der Waals surface area contributed by atoms with Crippen LogP contribution in [0.4, 0.5) is 4.79 Å². The van der Waals surface area contributed by atoms with Crippen molar-refractivity contribution in [3.05, 3.63) is 28.2 Å². The van der Waals surface area contributed by atoms with Crippen LogP contribution in [-0.2, 0) is 14.6 Å². The lowest BCUT2D eigenvalue weighted by atomic mass is 10.0. The molecule has 1 aliphatic heterocycles. The molecule has 21 heavy (non-hydrogen) atoms. The average Bonchev–Trinajstić information content (AvgIpc) is 2.30. The van der Waals surface area contributed by atoms with E-state index in [1.165, 1.54) is 0 Å². The van der Waals surface area contributed by atoms with Gasteiger partial charge in [0.1, 0.15) is 5.60 Å². The summed E-state index contributed by atoms with van der Waals surface area (Å²) >= 11 is 3.33. The zero-order valence-electron chi connectivity index (χ0n) is 12.1. The van der Waals surface area contributed by atoms with E-state index in [-0.39, 0.29) is 16.7 Å². The summed E-state index contributed by atoms with van der Waals surface area (Å²) in [5.74, 6) is 0.0160. The minimum absolute atomic E-state index is 0.0160. The predicted molar refractivity (Wildman–Crippen MR) is 82.9 cm³/mol. The number of ether oxygens (including phenoxy) is 1. The number of halogens is 1. The van der Waals surface area contributed by atoms with E-state index < -0.39 is 21.5 Å². The highest BCUT2D eigenvalue weighted by atomic mass is 79.9. The monoisotopic (exact) mass is 375 g/mol. The summed E-state index contributed by atoms with van der Waals surface area (Å²) in [4.78, 5) is 12.2. The van der Waals surface area contributed by atoms with Crippen molar-refractivity contribution in [3.63, 3.8) is 0 Å². The number of sulfone groups is 1. The van der Waals surface area contributed by atoms with Crippen molar-refractivity contribution in [2.24, 2.45) is 0 Å². The van der Waals surface area contributed by atoms with Crippen LogP contribution in [0.25, 0.3) is 0 Å². The molecule has 0 fully saturated rings. The Balaban J connectivity index is 2.28.